The zero-order valence-corrected chi connectivity index (χ0v) is 14.9. The van der Waals surface area contributed by atoms with Crippen LogP contribution in [0.25, 0.3) is 0 Å². The van der Waals surface area contributed by atoms with Gasteiger partial charge >= 0.3 is 0 Å². The van der Waals surface area contributed by atoms with Gasteiger partial charge in [0.25, 0.3) is 0 Å². The number of likely N-dealkylation sites (N-methyl/N-ethyl adjacent to an activating group) is 1. The van der Waals surface area contributed by atoms with Crippen LogP contribution in [-0.4, -0.2) is 43.1 Å². The summed E-state index contributed by atoms with van der Waals surface area (Å²) in [6.45, 7) is 1.99. The zero-order chi connectivity index (χ0) is 15.7. The molecule has 0 aromatic heterocycles. The number of ether oxygens (including phenoxy) is 1. The Morgan fingerprint density at radius 3 is 2.57 bits per heavy atom. The molecule has 3 unspecified atom stereocenters. The predicted octanol–water partition coefficient (Wildman–Crippen LogP) is 2.96. The maximum Gasteiger partial charge on any atom is 0.229 e. The second kappa shape index (κ2) is 7.54. The number of hydrogen-bond donors (Lipinski definition) is 1. The Labute approximate surface area is 145 Å². The highest BCUT2D eigenvalue weighted by Crippen LogP contribution is 2.31. The van der Waals surface area contributed by atoms with Crippen molar-refractivity contribution in [1.82, 2.24) is 10.2 Å². The summed E-state index contributed by atoms with van der Waals surface area (Å²) in [5.74, 6) is 0.881. The molecule has 2 fully saturated rings. The number of piperidine rings is 1. The Balaban J connectivity index is 0.00000192. The SMILES string of the molecule is COc1cccc(C(C)C(=O)N(C)C2CC3CCC(C2)N3)c1.Cl. The molecule has 1 aromatic rings. The fraction of sp³-hybridized carbons (Fsp3) is 0.611. The normalized spacial score (nSPS) is 27.0. The van der Waals surface area contributed by atoms with E-state index in [1.165, 1.54) is 12.8 Å². The van der Waals surface area contributed by atoms with E-state index >= 15 is 0 Å². The van der Waals surface area contributed by atoms with E-state index in [-0.39, 0.29) is 24.2 Å². The molecule has 2 bridgehead atoms. The monoisotopic (exact) mass is 338 g/mol. The molecule has 5 heteroatoms. The van der Waals surface area contributed by atoms with Crippen LogP contribution < -0.4 is 10.1 Å². The molecule has 3 atom stereocenters. The molecular weight excluding hydrogens is 312 g/mol. The summed E-state index contributed by atoms with van der Waals surface area (Å²) in [6, 6.07) is 9.40. The van der Waals surface area contributed by atoms with Crippen LogP contribution >= 0.6 is 12.4 Å². The molecule has 1 amide bonds. The highest BCUT2D eigenvalue weighted by atomic mass is 35.5. The van der Waals surface area contributed by atoms with Crippen LogP contribution in [0.3, 0.4) is 0 Å². The van der Waals surface area contributed by atoms with Crippen LogP contribution in [0, 0.1) is 0 Å². The molecule has 23 heavy (non-hydrogen) atoms. The maximum absolute atomic E-state index is 12.8. The second-order valence-corrected chi connectivity index (χ2v) is 6.71. The average molecular weight is 339 g/mol. The van der Waals surface area contributed by atoms with E-state index in [9.17, 15) is 4.79 Å². The number of nitrogens with zero attached hydrogens (tertiary/aromatic N) is 1. The summed E-state index contributed by atoms with van der Waals surface area (Å²) in [6.07, 6.45) is 4.69. The Hall–Kier alpha value is -1.26. The summed E-state index contributed by atoms with van der Waals surface area (Å²) < 4.78 is 5.26. The Kier molecular flexibility index (Phi) is 5.93. The van der Waals surface area contributed by atoms with Crippen molar-refractivity contribution in [2.45, 2.75) is 56.7 Å². The number of benzene rings is 1. The first-order valence-electron chi connectivity index (χ1n) is 8.25. The minimum Gasteiger partial charge on any atom is -0.497 e. The number of halogens is 1. The van der Waals surface area contributed by atoms with E-state index in [0.717, 1.165) is 24.2 Å². The molecule has 2 aliphatic rings. The number of fused-ring (bicyclic) bond motifs is 2. The van der Waals surface area contributed by atoms with Crippen molar-refractivity contribution in [3.8, 4) is 5.75 Å². The molecule has 2 heterocycles. The molecule has 0 radical (unpaired) electrons. The van der Waals surface area contributed by atoms with Gasteiger partial charge in [0.1, 0.15) is 5.75 Å². The maximum atomic E-state index is 12.8. The van der Waals surface area contributed by atoms with Gasteiger partial charge in [-0.1, -0.05) is 12.1 Å². The van der Waals surface area contributed by atoms with Gasteiger partial charge in [-0.3, -0.25) is 4.79 Å². The number of carbonyl (C=O) groups excluding carboxylic acids is 1. The van der Waals surface area contributed by atoms with E-state index in [2.05, 4.69) is 5.32 Å². The lowest BCUT2D eigenvalue weighted by molar-refractivity contribution is -0.133. The second-order valence-electron chi connectivity index (χ2n) is 6.71. The van der Waals surface area contributed by atoms with Gasteiger partial charge in [-0.25, -0.2) is 0 Å². The summed E-state index contributed by atoms with van der Waals surface area (Å²) in [5.41, 5.74) is 1.02. The van der Waals surface area contributed by atoms with Crippen molar-refractivity contribution in [3.63, 3.8) is 0 Å². The molecule has 4 nitrogen and oxygen atoms in total. The highest BCUT2D eigenvalue weighted by Gasteiger charge is 2.37. The third-order valence-corrected chi connectivity index (χ3v) is 5.31. The van der Waals surface area contributed by atoms with Crippen LogP contribution in [0.5, 0.6) is 5.75 Å². The minimum absolute atomic E-state index is 0. The number of carbonyl (C=O) groups is 1. The summed E-state index contributed by atoms with van der Waals surface area (Å²) in [5, 5.41) is 3.64. The lowest BCUT2D eigenvalue weighted by Crippen LogP contribution is -2.49. The molecular formula is C18H27ClN2O2. The summed E-state index contributed by atoms with van der Waals surface area (Å²) in [7, 11) is 3.62. The Morgan fingerprint density at radius 1 is 1.30 bits per heavy atom. The van der Waals surface area contributed by atoms with Gasteiger partial charge in [-0.05, 0) is 50.3 Å². The first-order valence-corrected chi connectivity index (χ1v) is 8.25. The fourth-order valence-corrected chi connectivity index (χ4v) is 3.88. The van der Waals surface area contributed by atoms with Gasteiger partial charge in [-0.15, -0.1) is 12.4 Å². The number of nitrogens with one attached hydrogen (secondary N) is 1. The number of amides is 1. The molecule has 2 aliphatic heterocycles. The van der Waals surface area contributed by atoms with Crippen LogP contribution in [0.2, 0.25) is 0 Å². The first kappa shape index (κ1) is 18.1. The third-order valence-electron chi connectivity index (χ3n) is 5.31. The minimum atomic E-state index is -0.132. The van der Waals surface area contributed by atoms with Crippen LogP contribution in [0.1, 0.15) is 44.1 Å². The van der Waals surface area contributed by atoms with Crippen LogP contribution in [-0.2, 0) is 4.79 Å². The lowest BCUT2D eigenvalue weighted by atomic mass is 9.95. The molecule has 1 N–H and O–H groups in total. The molecule has 128 valence electrons. The smallest absolute Gasteiger partial charge is 0.229 e. The molecule has 0 aliphatic carbocycles. The highest BCUT2D eigenvalue weighted by molar-refractivity contribution is 5.85. The molecule has 0 saturated carbocycles. The van der Waals surface area contributed by atoms with E-state index in [1.807, 2.05) is 43.1 Å². The molecule has 0 spiro atoms. The number of rotatable bonds is 4. The van der Waals surface area contributed by atoms with Crippen molar-refractivity contribution >= 4 is 18.3 Å². The van der Waals surface area contributed by atoms with Crippen LogP contribution in [0.4, 0.5) is 0 Å². The Bertz CT molecular complexity index is 540. The predicted molar refractivity (Wildman–Crippen MR) is 94.4 cm³/mol. The van der Waals surface area contributed by atoms with Crippen molar-refractivity contribution in [3.05, 3.63) is 29.8 Å². The zero-order valence-electron chi connectivity index (χ0n) is 14.1. The standard InChI is InChI=1S/C18H26N2O2.ClH/c1-12(13-5-4-6-17(9-13)22-3)18(21)20(2)16-10-14-7-8-15(11-16)19-14;/h4-6,9,12,14-16,19H,7-8,10-11H2,1-3H3;1H. The van der Waals surface area contributed by atoms with Gasteiger partial charge in [0, 0.05) is 25.2 Å². The van der Waals surface area contributed by atoms with Gasteiger partial charge in [0.15, 0.2) is 0 Å². The average Bonchev–Trinajstić information content (AvgIpc) is 2.90. The van der Waals surface area contributed by atoms with E-state index < -0.39 is 0 Å². The van der Waals surface area contributed by atoms with Gasteiger partial charge in [-0.2, -0.15) is 0 Å². The van der Waals surface area contributed by atoms with Gasteiger partial charge < -0.3 is 15.0 Å². The van der Waals surface area contributed by atoms with E-state index in [4.69, 9.17) is 4.74 Å². The lowest BCUT2D eigenvalue weighted by Gasteiger charge is -2.36. The first-order chi connectivity index (χ1) is 10.6. The van der Waals surface area contributed by atoms with E-state index in [0.29, 0.717) is 18.1 Å². The topological polar surface area (TPSA) is 41.6 Å². The van der Waals surface area contributed by atoms with Crippen molar-refractivity contribution in [2.24, 2.45) is 0 Å². The van der Waals surface area contributed by atoms with Crippen LogP contribution in [0.15, 0.2) is 24.3 Å². The quantitative estimate of drug-likeness (QED) is 0.917. The van der Waals surface area contributed by atoms with Gasteiger partial charge in [0.2, 0.25) is 5.91 Å². The number of methoxy groups -OCH3 is 1. The summed E-state index contributed by atoms with van der Waals surface area (Å²) >= 11 is 0. The number of hydrogen-bond acceptors (Lipinski definition) is 3. The van der Waals surface area contributed by atoms with Crippen molar-refractivity contribution in [2.75, 3.05) is 14.2 Å². The fourth-order valence-electron chi connectivity index (χ4n) is 3.88. The molecule has 2 saturated heterocycles. The Morgan fingerprint density at radius 2 is 1.96 bits per heavy atom. The third kappa shape index (κ3) is 3.81. The molecule has 1 aromatic carbocycles. The molecule has 3 rings (SSSR count). The van der Waals surface area contributed by atoms with Gasteiger partial charge in [0.05, 0.1) is 13.0 Å². The summed E-state index contributed by atoms with van der Waals surface area (Å²) in [4.78, 5) is 14.8. The van der Waals surface area contributed by atoms with Crippen molar-refractivity contribution < 1.29 is 9.53 Å². The van der Waals surface area contributed by atoms with E-state index in [1.54, 1.807) is 7.11 Å². The van der Waals surface area contributed by atoms with Crippen molar-refractivity contribution in [1.29, 1.82) is 0 Å². The largest absolute Gasteiger partial charge is 0.497 e.